The Hall–Kier alpha value is -5.36. The van der Waals surface area contributed by atoms with Gasteiger partial charge < -0.3 is 20.1 Å². The molecule has 0 aliphatic heterocycles. The summed E-state index contributed by atoms with van der Waals surface area (Å²) in [4.78, 5) is 25.2. The van der Waals surface area contributed by atoms with Crippen molar-refractivity contribution in [3.8, 4) is 33.8 Å². The van der Waals surface area contributed by atoms with Gasteiger partial charge in [-0.2, -0.15) is 0 Å². The van der Waals surface area contributed by atoms with Crippen LogP contribution in [0.25, 0.3) is 22.3 Å². The Morgan fingerprint density at radius 1 is 0.425 bits per heavy atom. The molecule has 0 atom stereocenters. The van der Waals surface area contributed by atoms with Crippen LogP contribution in [-0.2, 0) is 9.59 Å². The van der Waals surface area contributed by atoms with E-state index in [1.165, 1.54) is 0 Å². The molecule has 0 aliphatic rings. The van der Waals surface area contributed by atoms with E-state index in [1.54, 1.807) is 24.3 Å². The Morgan fingerprint density at radius 2 is 0.750 bits per heavy atom. The number of hydrogen-bond donors (Lipinski definition) is 2. The molecule has 198 valence electrons. The molecule has 0 saturated heterocycles. The molecule has 2 amide bonds. The Kier molecular flexibility index (Phi) is 8.49. The van der Waals surface area contributed by atoms with E-state index in [2.05, 4.69) is 10.6 Å². The van der Waals surface area contributed by atoms with Crippen LogP contribution in [0, 0.1) is 0 Å². The van der Waals surface area contributed by atoms with Crippen LogP contribution in [0.1, 0.15) is 0 Å². The fourth-order valence-corrected chi connectivity index (χ4v) is 4.12. The van der Waals surface area contributed by atoms with Gasteiger partial charge >= 0.3 is 0 Å². The largest absolute Gasteiger partial charge is 0.484 e. The van der Waals surface area contributed by atoms with Gasteiger partial charge in [-0.3, -0.25) is 9.59 Å². The normalized spacial score (nSPS) is 10.4. The van der Waals surface area contributed by atoms with Gasteiger partial charge in [0.15, 0.2) is 13.2 Å². The summed E-state index contributed by atoms with van der Waals surface area (Å²) in [6.07, 6.45) is 0. The molecule has 0 fully saturated rings. The summed E-state index contributed by atoms with van der Waals surface area (Å²) in [5.41, 5.74) is 5.28. The maximum Gasteiger partial charge on any atom is 0.262 e. The van der Waals surface area contributed by atoms with Gasteiger partial charge in [-0.25, -0.2) is 0 Å². The van der Waals surface area contributed by atoms with Gasteiger partial charge in [-0.15, -0.1) is 0 Å². The monoisotopic (exact) mass is 528 g/mol. The van der Waals surface area contributed by atoms with Gasteiger partial charge in [0, 0.05) is 0 Å². The molecule has 40 heavy (non-hydrogen) atoms. The third-order valence-corrected chi connectivity index (χ3v) is 6.14. The Labute approximate surface area is 233 Å². The number of carbonyl (C=O) groups excluding carboxylic acids is 2. The first-order valence-electron chi connectivity index (χ1n) is 12.9. The molecular formula is C34H28N2O4. The first kappa shape index (κ1) is 26.3. The van der Waals surface area contributed by atoms with Gasteiger partial charge in [-0.05, 0) is 58.7 Å². The van der Waals surface area contributed by atoms with Crippen molar-refractivity contribution in [2.24, 2.45) is 0 Å². The minimum Gasteiger partial charge on any atom is -0.484 e. The van der Waals surface area contributed by atoms with Crippen LogP contribution < -0.4 is 20.1 Å². The highest BCUT2D eigenvalue weighted by Gasteiger charge is 2.11. The molecule has 0 saturated carbocycles. The van der Waals surface area contributed by atoms with Crippen molar-refractivity contribution in [2.45, 2.75) is 0 Å². The molecule has 0 unspecified atom stereocenters. The summed E-state index contributed by atoms with van der Waals surface area (Å²) < 4.78 is 11.3. The van der Waals surface area contributed by atoms with Crippen molar-refractivity contribution in [3.05, 3.63) is 133 Å². The van der Waals surface area contributed by atoms with Crippen LogP contribution in [0.2, 0.25) is 0 Å². The molecule has 0 radical (unpaired) electrons. The SMILES string of the molecule is O=C(COc1ccc(-c2ccccc2)cc1)Nc1ccccc1NC(=O)COc1ccc(-c2ccccc2)cc1. The third kappa shape index (κ3) is 7.14. The number of anilines is 2. The van der Waals surface area contributed by atoms with Crippen molar-refractivity contribution < 1.29 is 19.1 Å². The predicted octanol–water partition coefficient (Wildman–Crippen LogP) is 7.06. The van der Waals surface area contributed by atoms with Crippen LogP contribution >= 0.6 is 0 Å². The van der Waals surface area contributed by atoms with Crippen LogP contribution in [0.4, 0.5) is 11.4 Å². The summed E-state index contributed by atoms with van der Waals surface area (Å²) >= 11 is 0. The van der Waals surface area contributed by atoms with Gasteiger partial charge in [0.1, 0.15) is 11.5 Å². The maximum absolute atomic E-state index is 12.6. The van der Waals surface area contributed by atoms with Gasteiger partial charge in [-0.1, -0.05) is 97.1 Å². The number of ether oxygens (including phenoxy) is 2. The first-order chi connectivity index (χ1) is 19.6. The quantitative estimate of drug-likeness (QED) is 0.204. The summed E-state index contributed by atoms with van der Waals surface area (Å²) in [5, 5.41) is 5.60. The second-order valence-corrected chi connectivity index (χ2v) is 9.00. The predicted molar refractivity (Wildman–Crippen MR) is 158 cm³/mol. The van der Waals surface area contributed by atoms with Crippen LogP contribution in [0.3, 0.4) is 0 Å². The summed E-state index contributed by atoms with van der Waals surface area (Å²) in [6, 6.07) is 42.2. The second-order valence-electron chi connectivity index (χ2n) is 9.00. The topological polar surface area (TPSA) is 76.7 Å². The van der Waals surface area contributed by atoms with E-state index >= 15 is 0 Å². The fourth-order valence-electron chi connectivity index (χ4n) is 4.12. The molecule has 0 bridgehead atoms. The summed E-state index contributed by atoms with van der Waals surface area (Å²) in [7, 11) is 0. The van der Waals surface area contributed by atoms with Gasteiger partial charge in [0.05, 0.1) is 11.4 Å². The third-order valence-electron chi connectivity index (χ3n) is 6.14. The smallest absolute Gasteiger partial charge is 0.262 e. The number of nitrogens with one attached hydrogen (secondary N) is 2. The van der Waals surface area contributed by atoms with Crippen molar-refractivity contribution in [2.75, 3.05) is 23.8 Å². The molecule has 0 aromatic heterocycles. The molecule has 6 nitrogen and oxygen atoms in total. The lowest BCUT2D eigenvalue weighted by atomic mass is 10.1. The van der Waals surface area contributed by atoms with E-state index in [9.17, 15) is 9.59 Å². The molecular weight excluding hydrogens is 500 g/mol. The minimum absolute atomic E-state index is 0.172. The molecule has 0 heterocycles. The second kappa shape index (κ2) is 12.9. The zero-order chi connectivity index (χ0) is 27.6. The number of carbonyl (C=O) groups is 2. The summed E-state index contributed by atoms with van der Waals surface area (Å²) in [5.74, 6) is 0.489. The molecule has 0 spiro atoms. The zero-order valence-corrected chi connectivity index (χ0v) is 21.7. The summed E-state index contributed by atoms with van der Waals surface area (Å²) in [6.45, 7) is -0.343. The van der Waals surface area contributed by atoms with Crippen LogP contribution in [0.5, 0.6) is 11.5 Å². The lowest BCUT2D eigenvalue weighted by Gasteiger charge is -2.13. The van der Waals surface area contributed by atoms with Gasteiger partial charge in [0.2, 0.25) is 0 Å². The Balaban J connectivity index is 1.11. The highest BCUT2D eigenvalue weighted by atomic mass is 16.5. The number of benzene rings is 5. The number of amides is 2. The Bertz CT molecular complexity index is 1430. The van der Waals surface area contributed by atoms with E-state index in [4.69, 9.17) is 9.47 Å². The molecule has 5 rings (SSSR count). The highest BCUT2D eigenvalue weighted by Crippen LogP contribution is 2.24. The van der Waals surface area contributed by atoms with E-state index in [0.717, 1.165) is 22.3 Å². The Morgan fingerprint density at radius 3 is 1.12 bits per heavy atom. The number of rotatable bonds is 10. The van der Waals surface area contributed by atoms with E-state index in [-0.39, 0.29) is 25.0 Å². The number of hydrogen-bond acceptors (Lipinski definition) is 4. The zero-order valence-electron chi connectivity index (χ0n) is 21.7. The molecule has 6 heteroatoms. The lowest BCUT2D eigenvalue weighted by Crippen LogP contribution is -2.23. The molecule has 2 N–H and O–H groups in total. The minimum atomic E-state index is -0.344. The van der Waals surface area contributed by atoms with Crippen molar-refractivity contribution in [1.82, 2.24) is 0 Å². The van der Waals surface area contributed by atoms with E-state index in [1.807, 2.05) is 109 Å². The van der Waals surface area contributed by atoms with Crippen LogP contribution in [-0.4, -0.2) is 25.0 Å². The molecule has 5 aromatic rings. The standard InChI is InChI=1S/C34H28N2O4/c37-33(23-39-29-19-15-27(16-20-29)25-9-3-1-4-10-25)35-31-13-7-8-14-32(31)36-34(38)24-40-30-21-17-28(18-22-30)26-11-5-2-6-12-26/h1-22H,23-24H2,(H,35,37)(H,36,38). The van der Waals surface area contributed by atoms with Crippen molar-refractivity contribution >= 4 is 23.2 Å². The molecule has 0 aliphatic carbocycles. The highest BCUT2D eigenvalue weighted by molar-refractivity contribution is 6.00. The molecule has 5 aromatic carbocycles. The lowest BCUT2D eigenvalue weighted by molar-refractivity contribution is -0.119. The van der Waals surface area contributed by atoms with Crippen molar-refractivity contribution in [1.29, 1.82) is 0 Å². The average Bonchev–Trinajstić information content (AvgIpc) is 3.01. The van der Waals surface area contributed by atoms with E-state index < -0.39 is 0 Å². The van der Waals surface area contributed by atoms with E-state index in [0.29, 0.717) is 22.9 Å². The maximum atomic E-state index is 12.6. The number of para-hydroxylation sites is 2. The fraction of sp³-hybridized carbons (Fsp3) is 0.0588. The average molecular weight is 529 g/mol. The van der Waals surface area contributed by atoms with Crippen molar-refractivity contribution in [3.63, 3.8) is 0 Å². The van der Waals surface area contributed by atoms with Crippen LogP contribution in [0.15, 0.2) is 133 Å². The first-order valence-corrected chi connectivity index (χ1v) is 12.9. The van der Waals surface area contributed by atoms with Gasteiger partial charge in [0.25, 0.3) is 11.8 Å².